The van der Waals surface area contributed by atoms with E-state index in [0.29, 0.717) is 12.0 Å². The molecule has 4 heteroatoms. The van der Waals surface area contributed by atoms with Crippen LogP contribution in [0.4, 0.5) is 0 Å². The summed E-state index contributed by atoms with van der Waals surface area (Å²) >= 11 is 0. The maximum atomic E-state index is 11.5. The molecule has 15 heavy (non-hydrogen) atoms. The average Bonchev–Trinajstić information content (AvgIpc) is 2.66. The van der Waals surface area contributed by atoms with Gasteiger partial charge in [0.1, 0.15) is 6.10 Å². The Morgan fingerprint density at radius 2 is 2.53 bits per heavy atom. The predicted octanol–water partition coefficient (Wildman–Crippen LogP) is 1.47. The molecule has 1 heterocycles. The number of terminal acetylenes is 1. The molecular weight excluding hydrogens is 192 g/mol. The molecule has 0 saturated carbocycles. The smallest absolute Gasteiger partial charge is 0.341 e. The van der Waals surface area contributed by atoms with Crippen LogP contribution in [-0.4, -0.2) is 21.9 Å². The van der Waals surface area contributed by atoms with Crippen LogP contribution in [0, 0.1) is 12.3 Å². The van der Waals surface area contributed by atoms with Crippen molar-refractivity contribution in [3.05, 3.63) is 18.0 Å². The molecule has 1 aromatic heterocycles. The van der Waals surface area contributed by atoms with E-state index in [1.807, 2.05) is 6.92 Å². The van der Waals surface area contributed by atoms with Crippen LogP contribution in [-0.2, 0) is 11.3 Å². The van der Waals surface area contributed by atoms with Gasteiger partial charge in [0.25, 0.3) is 0 Å². The number of esters is 1. The van der Waals surface area contributed by atoms with Crippen molar-refractivity contribution in [2.24, 2.45) is 0 Å². The summed E-state index contributed by atoms with van der Waals surface area (Å²) in [7, 11) is 0. The highest BCUT2D eigenvalue weighted by Gasteiger charge is 2.12. The third kappa shape index (κ3) is 3.13. The second-order valence-electron chi connectivity index (χ2n) is 3.21. The first-order valence-electron chi connectivity index (χ1n) is 4.84. The van der Waals surface area contributed by atoms with Crippen LogP contribution >= 0.6 is 0 Å². The van der Waals surface area contributed by atoms with Crippen LogP contribution in [0.1, 0.15) is 30.6 Å². The Morgan fingerprint density at radius 3 is 3.07 bits per heavy atom. The summed E-state index contributed by atoms with van der Waals surface area (Å²) in [6.07, 6.45) is 8.43. The van der Waals surface area contributed by atoms with Gasteiger partial charge in [-0.2, -0.15) is 5.10 Å². The van der Waals surface area contributed by atoms with Crippen LogP contribution in [0.15, 0.2) is 12.4 Å². The van der Waals surface area contributed by atoms with E-state index in [0.717, 1.165) is 6.54 Å². The van der Waals surface area contributed by atoms with Crippen LogP contribution in [0.25, 0.3) is 0 Å². The van der Waals surface area contributed by atoms with E-state index in [4.69, 9.17) is 11.2 Å². The quantitative estimate of drug-likeness (QED) is 0.553. The molecule has 0 saturated heterocycles. The summed E-state index contributed by atoms with van der Waals surface area (Å²) in [5.41, 5.74) is 0.459. The number of aryl methyl sites for hydroxylation is 1. The zero-order valence-corrected chi connectivity index (χ0v) is 8.93. The highest BCUT2D eigenvalue weighted by Crippen LogP contribution is 2.05. The van der Waals surface area contributed by atoms with Gasteiger partial charge in [0, 0.05) is 19.2 Å². The Kier molecular flexibility index (Phi) is 3.92. The number of aromatic nitrogens is 2. The molecule has 1 aromatic rings. The zero-order valence-electron chi connectivity index (χ0n) is 8.93. The minimum Gasteiger partial charge on any atom is -0.458 e. The van der Waals surface area contributed by atoms with Gasteiger partial charge in [0.15, 0.2) is 0 Å². The van der Waals surface area contributed by atoms with Crippen LogP contribution in [0.2, 0.25) is 0 Å². The summed E-state index contributed by atoms with van der Waals surface area (Å²) in [6.45, 7) is 4.44. The zero-order chi connectivity index (χ0) is 11.3. The van der Waals surface area contributed by atoms with Gasteiger partial charge in [-0.25, -0.2) is 4.79 Å². The second-order valence-corrected chi connectivity index (χ2v) is 3.21. The molecule has 0 bridgehead atoms. The number of rotatable bonds is 4. The van der Waals surface area contributed by atoms with Crippen molar-refractivity contribution in [3.8, 4) is 12.3 Å². The Balaban J connectivity index is 2.57. The minimum atomic E-state index is -0.377. The first-order valence-corrected chi connectivity index (χ1v) is 4.84. The van der Waals surface area contributed by atoms with Crippen molar-refractivity contribution in [2.45, 2.75) is 32.9 Å². The summed E-state index contributed by atoms with van der Waals surface area (Å²) in [6, 6.07) is 0. The lowest BCUT2D eigenvalue weighted by atomic mass is 10.3. The maximum Gasteiger partial charge on any atom is 0.341 e. The van der Waals surface area contributed by atoms with Crippen molar-refractivity contribution in [3.63, 3.8) is 0 Å². The molecule has 0 amide bonds. The Morgan fingerprint density at radius 1 is 1.80 bits per heavy atom. The molecule has 0 N–H and O–H groups in total. The second kappa shape index (κ2) is 5.20. The molecule has 0 aliphatic rings. The molecule has 0 aliphatic heterocycles. The lowest BCUT2D eigenvalue weighted by Crippen LogP contribution is -2.13. The fourth-order valence-electron chi connectivity index (χ4n) is 1.10. The molecular formula is C11H14N2O2. The van der Waals surface area contributed by atoms with Crippen LogP contribution < -0.4 is 0 Å². The number of nitrogens with zero attached hydrogens (tertiary/aromatic N) is 2. The number of hydrogen-bond acceptors (Lipinski definition) is 3. The summed E-state index contributed by atoms with van der Waals surface area (Å²) < 4.78 is 6.77. The van der Waals surface area contributed by atoms with Gasteiger partial charge in [-0.1, -0.05) is 0 Å². The van der Waals surface area contributed by atoms with Gasteiger partial charge in [-0.15, -0.1) is 12.3 Å². The normalized spacial score (nSPS) is 11.8. The molecule has 1 rings (SSSR count). The summed E-state index contributed by atoms with van der Waals surface area (Å²) in [5, 5.41) is 3.98. The fourth-order valence-corrected chi connectivity index (χ4v) is 1.10. The van der Waals surface area contributed by atoms with Gasteiger partial charge in [0.2, 0.25) is 0 Å². The molecule has 0 aliphatic carbocycles. The van der Waals surface area contributed by atoms with Gasteiger partial charge >= 0.3 is 5.97 Å². The Hall–Kier alpha value is -1.76. The third-order valence-corrected chi connectivity index (χ3v) is 1.91. The van der Waals surface area contributed by atoms with E-state index in [-0.39, 0.29) is 12.1 Å². The van der Waals surface area contributed by atoms with E-state index < -0.39 is 0 Å². The SMILES string of the molecule is C#CC[C@H](C)OC(=O)c1cnn(CC)c1. The third-order valence-electron chi connectivity index (χ3n) is 1.91. The molecule has 0 radical (unpaired) electrons. The van der Waals surface area contributed by atoms with Gasteiger partial charge < -0.3 is 4.74 Å². The molecule has 4 nitrogen and oxygen atoms in total. The van der Waals surface area contributed by atoms with E-state index >= 15 is 0 Å². The summed E-state index contributed by atoms with van der Waals surface area (Å²) in [4.78, 5) is 11.5. The molecule has 0 spiro atoms. The maximum absolute atomic E-state index is 11.5. The van der Waals surface area contributed by atoms with Crippen molar-refractivity contribution in [1.29, 1.82) is 0 Å². The van der Waals surface area contributed by atoms with Crippen molar-refractivity contribution < 1.29 is 9.53 Å². The molecule has 80 valence electrons. The van der Waals surface area contributed by atoms with Crippen LogP contribution in [0.5, 0.6) is 0 Å². The fraction of sp³-hybridized carbons (Fsp3) is 0.455. The largest absolute Gasteiger partial charge is 0.458 e. The number of carbonyl (C=O) groups excluding carboxylic acids is 1. The lowest BCUT2D eigenvalue weighted by molar-refractivity contribution is 0.0352. The van der Waals surface area contributed by atoms with E-state index in [1.165, 1.54) is 6.20 Å². The molecule has 1 atom stereocenters. The monoisotopic (exact) mass is 206 g/mol. The molecule has 0 aromatic carbocycles. The van der Waals surface area contributed by atoms with E-state index in [1.54, 1.807) is 17.8 Å². The van der Waals surface area contributed by atoms with Crippen molar-refractivity contribution in [1.82, 2.24) is 9.78 Å². The van der Waals surface area contributed by atoms with E-state index in [2.05, 4.69) is 11.0 Å². The Labute approximate surface area is 89.2 Å². The molecule has 0 unspecified atom stereocenters. The predicted molar refractivity (Wildman–Crippen MR) is 56.2 cm³/mol. The van der Waals surface area contributed by atoms with Gasteiger partial charge in [0.05, 0.1) is 11.8 Å². The topological polar surface area (TPSA) is 44.1 Å². The van der Waals surface area contributed by atoms with Gasteiger partial charge in [-0.3, -0.25) is 4.68 Å². The highest BCUT2D eigenvalue weighted by atomic mass is 16.5. The highest BCUT2D eigenvalue weighted by molar-refractivity contribution is 5.88. The first kappa shape index (κ1) is 11.3. The number of hydrogen-bond donors (Lipinski definition) is 0. The molecule has 0 fully saturated rings. The van der Waals surface area contributed by atoms with Crippen molar-refractivity contribution >= 4 is 5.97 Å². The first-order chi connectivity index (χ1) is 7.17. The standard InChI is InChI=1S/C11H14N2O2/c1-4-6-9(3)15-11(14)10-7-12-13(5-2)8-10/h1,7-9H,5-6H2,2-3H3/t9-/m0/s1. The number of carbonyl (C=O) groups is 1. The van der Waals surface area contributed by atoms with Crippen molar-refractivity contribution in [2.75, 3.05) is 0 Å². The average molecular weight is 206 g/mol. The van der Waals surface area contributed by atoms with E-state index in [9.17, 15) is 4.79 Å². The summed E-state index contributed by atoms with van der Waals surface area (Å²) in [5.74, 6) is 2.07. The minimum absolute atomic E-state index is 0.257. The van der Waals surface area contributed by atoms with Gasteiger partial charge in [-0.05, 0) is 13.8 Å². The Bertz CT molecular complexity index is 376. The number of ether oxygens (including phenoxy) is 1. The van der Waals surface area contributed by atoms with Crippen LogP contribution in [0.3, 0.4) is 0 Å². The lowest BCUT2D eigenvalue weighted by Gasteiger charge is -2.08.